The molecule has 6 aromatic heterocycles. The van der Waals surface area contributed by atoms with E-state index in [4.69, 9.17) is 17.7 Å². The zero-order chi connectivity index (χ0) is 73.4. The lowest BCUT2D eigenvalue weighted by atomic mass is 10.0. The number of piperidine rings is 2. The summed E-state index contributed by atoms with van der Waals surface area (Å²) < 4.78 is 109. The third kappa shape index (κ3) is 12.4. The van der Waals surface area contributed by atoms with Crippen molar-refractivity contribution in [3.63, 3.8) is 0 Å². The molecule has 26 nitrogen and oxygen atoms in total. The summed E-state index contributed by atoms with van der Waals surface area (Å²) >= 11 is 0. The highest BCUT2D eigenvalue weighted by molar-refractivity contribution is 6.03. The SMILES string of the molecule is CO[C@@H]1CN(c2ccn(-c3cc(-c4c(F)cccc4C#N)nc4c3C(=O)NC4)n2)CC[C@H]1O.CO[C@H]1CN(c2ccn(-c3cc(-c4c(F)cccc4C#N)nc4c3C(=O)NC4)n2)CC[C@@H]1O.[2H]C1([2H])NC(=O)c2c(-n3ccc(N4C([2H])([2H])CC(C)(O)C4([2H])[2H])n3)cc(-c3c(F)cccc3C#N)nc21. The highest BCUT2D eigenvalue weighted by Crippen LogP contribution is 2.37. The summed E-state index contributed by atoms with van der Waals surface area (Å²) in [5, 5.41) is 80.3. The second kappa shape index (κ2) is 26.4. The Morgan fingerprint density at radius 2 is 0.928 bits per heavy atom. The summed E-state index contributed by atoms with van der Waals surface area (Å²) in [7, 11) is 3.13. The van der Waals surface area contributed by atoms with E-state index in [0.29, 0.717) is 89.4 Å². The van der Waals surface area contributed by atoms with Crippen molar-refractivity contribution >= 4 is 35.2 Å². The third-order valence-electron chi connectivity index (χ3n) is 17.1. The normalized spacial score (nSPS) is 22.3. The first-order valence-electron chi connectivity index (χ1n) is 33.3. The molecule has 3 aromatic carbocycles. The van der Waals surface area contributed by atoms with Crippen LogP contribution in [0.25, 0.3) is 50.8 Å². The molecule has 9 aromatic rings. The average Bonchev–Trinajstić information content (AvgIpc) is 1.58. The van der Waals surface area contributed by atoms with Gasteiger partial charge >= 0.3 is 0 Å². The minimum absolute atomic E-state index is 0.0515. The number of aromatic nitrogens is 9. The minimum atomic E-state index is -2.55. The molecular weight excluding hydrogens is 1250 g/mol. The molecule has 5 atom stereocenters. The number of carbonyl (C=O) groups is 3. The van der Waals surface area contributed by atoms with Crippen LogP contribution in [-0.4, -0.2) is 161 Å². The monoisotopic (exact) mass is 1320 g/mol. The van der Waals surface area contributed by atoms with E-state index < -0.39 is 67.1 Å². The number of aliphatic hydroxyl groups excluding tert-OH is 2. The number of halogens is 3. The van der Waals surface area contributed by atoms with Crippen LogP contribution in [0.15, 0.2) is 110 Å². The van der Waals surface area contributed by atoms with Gasteiger partial charge in [-0.2, -0.15) is 31.1 Å². The van der Waals surface area contributed by atoms with Gasteiger partial charge in [0.05, 0.1) is 162 Å². The number of carbonyl (C=O) groups excluding carboxylic acids is 3. The molecule has 29 heteroatoms. The van der Waals surface area contributed by atoms with Crippen LogP contribution in [0.4, 0.5) is 30.6 Å². The number of nitrogens with zero attached hydrogens (tertiary/aromatic N) is 15. The maximum absolute atomic E-state index is 14.8. The zero-order valence-corrected chi connectivity index (χ0v) is 51.8. The van der Waals surface area contributed by atoms with Gasteiger partial charge < -0.3 is 55.4 Å². The van der Waals surface area contributed by atoms with Gasteiger partial charge in [0.2, 0.25) is 0 Å². The van der Waals surface area contributed by atoms with Crippen molar-refractivity contribution in [2.24, 2.45) is 0 Å². The number of fused-ring (bicyclic) bond motifs is 3. The molecule has 0 aliphatic carbocycles. The number of methoxy groups -OCH3 is 2. The Morgan fingerprint density at radius 3 is 1.30 bits per heavy atom. The summed E-state index contributed by atoms with van der Waals surface area (Å²) in [5.41, 5.74) is 0.487. The summed E-state index contributed by atoms with van der Waals surface area (Å²) in [5.74, 6) is -2.20. The number of benzene rings is 3. The summed E-state index contributed by atoms with van der Waals surface area (Å²) in [4.78, 5) is 55.7. The standard InChI is InChI=1S/2C23H21FN6O3.C22H19FN6O2/c2*1-33-19-12-29(7-5-18(19)31)20-6-8-30(28-20)17-9-15(27-16-11-26-23(32)22(16)17)21-13(10-25)3-2-4-14(21)24;1-22(31)6-8-28(12-22)18-5-7-29(27-18)17-9-15(26-16-11-25-21(30)20(16)17)19-13(10-24)3-2-4-14(19)23/h2*2-4,6,8-9,18-19,31H,5,7,11-12H2,1H3,(H,26,32);2-5,7,9,31H,6,8,11-12H2,1H3,(H,25,30)/t2*18-,19-;/m10./s1/i;;8D2,11D2,12D2. The number of hydrogen-bond acceptors (Lipinski definition) is 20. The second-order valence-corrected chi connectivity index (χ2v) is 23.3. The van der Waals surface area contributed by atoms with E-state index in [2.05, 4.69) is 46.2 Å². The highest BCUT2D eigenvalue weighted by Gasteiger charge is 2.36. The molecule has 3 saturated heterocycles. The third-order valence-corrected chi connectivity index (χ3v) is 17.1. The molecule has 0 bridgehead atoms. The van der Waals surface area contributed by atoms with E-state index in [1.54, 1.807) is 48.1 Å². The first kappa shape index (κ1) is 57.1. The number of hydrogen-bond donors (Lipinski definition) is 6. The molecule has 492 valence electrons. The van der Waals surface area contributed by atoms with Crippen molar-refractivity contribution in [2.45, 2.75) is 75.8 Å². The number of pyridine rings is 3. The van der Waals surface area contributed by atoms with Gasteiger partial charge in [-0.05, 0) is 80.8 Å². The van der Waals surface area contributed by atoms with E-state index in [-0.39, 0.29) is 110 Å². The molecule has 6 aliphatic rings. The molecule has 1 unspecified atom stereocenters. The Morgan fingerprint density at radius 1 is 0.557 bits per heavy atom. The Kier molecular flexibility index (Phi) is 15.6. The van der Waals surface area contributed by atoms with Crippen LogP contribution in [0, 0.1) is 51.4 Å². The largest absolute Gasteiger partial charge is 0.390 e. The first-order valence-corrected chi connectivity index (χ1v) is 30.3. The molecule has 0 saturated carbocycles. The summed E-state index contributed by atoms with van der Waals surface area (Å²) in [6.45, 7) is -3.52. The molecule has 6 aliphatic heterocycles. The van der Waals surface area contributed by atoms with Crippen LogP contribution in [-0.2, 0) is 29.1 Å². The smallest absolute Gasteiger partial charge is 0.255 e. The van der Waals surface area contributed by atoms with Crippen molar-refractivity contribution in [3.8, 4) is 69.0 Å². The van der Waals surface area contributed by atoms with Gasteiger partial charge in [-0.3, -0.25) is 14.4 Å². The average molecular weight is 1320 g/mol. The van der Waals surface area contributed by atoms with Crippen LogP contribution >= 0.6 is 0 Å². The first-order chi connectivity index (χ1) is 49.1. The van der Waals surface area contributed by atoms with Crippen molar-refractivity contribution in [3.05, 3.63) is 178 Å². The molecule has 97 heavy (non-hydrogen) atoms. The molecule has 3 amide bonds. The predicted molar refractivity (Wildman–Crippen MR) is 343 cm³/mol. The molecule has 0 spiro atoms. The molecule has 3 fully saturated rings. The van der Waals surface area contributed by atoms with Crippen LogP contribution in [0.5, 0.6) is 0 Å². The second-order valence-electron chi connectivity index (χ2n) is 23.3. The number of β-amino-alcohol motifs (C(OH)–C–C–N with tert-alkyl or cyclic N) is 1. The van der Waals surface area contributed by atoms with Crippen LogP contribution in [0.1, 0.15) is 99.3 Å². The number of aliphatic hydroxyl groups is 3. The van der Waals surface area contributed by atoms with Gasteiger partial charge in [0.15, 0.2) is 17.5 Å². The maximum atomic E-state index is 14.8. The predicted octanol–water partition coefficient (Wildman–Crippen LogP) is 5.70. The van der Waals surface area contributed by atoms with Gasteiger partial charge in [0.1, 0.15) is 29.7 Å². The molecule has 0 radical (unpaired) electrons. The highest BCUT2D eigenvalue weighted by atomic mass is 19.1. The fourth-order valence-electron chi connectivity index (χ4n) is 12.2. The lowest BCUT2D eigenvalue weighted by molar-refractivity contribution is -0.0207. The van der Waals surface area contributed by atoms with E-state index in [9.17, 15) is 58.7 Å². The fraction of sp³-hybridized carbons (Fsp3) is 0.294. The van der Waals surface area contributed by atoms with E-state index >= 15 is 0 Å². The van der Waals surface area contributed by atoms with Crippen LogP contribution in [0.3, 0.4) is 0 Å². The van der Waals surface area contributed by atoms with E-state index in [0.717, 1.165) is 10.7 Å². The number of nitriles is 3. The van der Waals surface area contributed by atoms with Gasteiger partial charge in [-0.1, -0.05) is 18.2 Å². The van der Waals surface area contributed by atoms with Gasteiger partial charge in [-0.15, -0.1) is 0 Å². The maximum Gasteiger partial charge on any atom is 0.255 e. The molecule has 6 N–H and O–H groups in total. The molecular formula is C68H61F3N18O8. The van der Waals surface area contributed by atoms with Gasteiger partial charge in [0.25, 0.3) is 17.7 Å². The Labute approximate surface area is 560 Å². The van der Waals surface area contributed by atoms with E-state index in [1.165, 1.54) is 73.8 Å². The van der Waals surface area contributed by atoms with Crippen molar-refractivity contribution < 1.29 is 60.6 Å². The van der Waals surface area contributed by atoms with Gasteiger partial charge in [-0.25, -0.2) is 42.2 Å². The topological polar surface area (TPSA) is 340 Å². The quantitative estimate of drug-likeness (QED) is 0.0904. The minimum Gasteiger partial charge on any atom is -0.390 e. The van der Waals surface area contributed by atoms with Gasteiger partial charge in [0, 0.05) is 92.9 Å². The molecule has 15 rings (SSSR count). The fourth-order valence-corrected chi connectivity index (χ4v) is 12.2. The number of anilines is 3. The summed E-state index contributed by atoms with van der Waals surface area (Å²) in [6.07, 6.45) is 3.59. The van der Waals surface area contributed by atoms with Crippen molar-refractivity contribution in [2.75, 3.05) is 68.1 Å². The van der Waals surface area contributed by atoms with Crippen LogP contribution < -0.4 is 30.7 Å². The lowest BCUT2D eigenvalue weighted by Crippen LogP contribution is -2.47. The lowest BCUT2D eigenvalue weighted by Gasteiger charge is -2.35. The Balaban J connectivity index is 0.000000138. The van der Waals surface area contributed by atoms with Crippen molar-refractivity contribution in [1.82, 2.24) is 60.2 Å². The number of amides is 3. The Bertz CT molecular complexity index is 4880. The zero-order valence-electron chi connectivity index (χ0n) is 57.8. The number of rotatable bonds is 11. The molecule has 12 heterocycles. The Hall–Kier alpha value is -11.4. The van der Waals surface area contributed by atoms with Crippen LogP contribution in [0.2, 0.25) is 0 Å². The summed E-state index contributed by atoms with van der Waals surface area (Å²) in [6, 6.07) is 27.5. The number of ether oxygens (including phenoxy) is 2. The van der Waals surface area contributed by atoms with Crippen molar-refractivity contribution in [1.29, 1.82) is 15.8 Å². The van der Waals surface area contributed by atoms with E-state index in [1.807, 2.05) is 40.1 Å². The number of nitrogens with one attached hydrogen (secondary N) is 3.